The summed E-state index contributed by atoms with van der Waals surface area (Å²) in [5, 5.41) is -0.154. The van der Waals surface area contributed by atoms with Gasteiger partial charge in [-0.1, -0.05) is 29.8 Å². The standard InChI is InChI=1S/C19H15ClN2O4/c1-21(13-6-4-3-5-7-13)16-15(20)17(23)22(18(16)24)14-10-8-12(9-11-14)19(25)26-2/h3-11H,1-2H3. The maximum absolute atomic E-state index is 12.8. The number of benzene rings is 2. The van der Waals surface area contributed by atoms with E-state index in [9.17, 15) is 14.4 Å². The molecule has 1 aliphatic rings. The molecule has 2 amide bonds. The number of anilines is 2. The van der Waals surface area contributed by atoms with E-state index in [-0.39, 0.29) is 10.7 Å². The van der Waals surface area contributed by atoms with Gasteiger partial charge in [0.2, 0.25) is 0 Å². The highest BCUT2D eigenvalue weighted by atomic mass is 35.5. The predicted octanol–water partition coefficient (Wildman–Crippen LogP) is 2.93. The van der Waals surface area contributed by atoms with E-state index in [0.717, 1.165) is 10.6 Å². The molecule has 0 fully saturated rings. The van der Waals surface area contributed by atoms with Crippen molar-refractivity contribution in [1.82, 2.24) is 0 Å². The predicted molar refractivity (Wildman–Crippen MR) is 98.0 cm³/mol. The Labute approximate surface area is 155 Å². The summed E-state index contributed by atoms with van der Waals surface area (Å²) in [6.07, 6.45) is 0. The molecule has 7 heteroatoms. The van der Waals surface area contributed by atoms with Crippen LogP contribution >= 0.6 is 11.6 Å². The van der Waals surface area contributed by atoms with Crippen molar-refractivity contribution in [2.24, 2.45) is 0 Å². The highest BCUT2D eigenvalue weighted by Crippen LogP contribution is 2.32. The van der Waals surface area contributed by atoms with Crippen LogP contribution in [-0.4, -0.2) is 31.9 Å². The first-order valence-corrected chi connectivity index (χ1v) is 8.09. The molecule has 0 saturated heterocycles. The summed E-state index contributed by atoms with van der Waals surface area (Å²) in [7, 11) is 2.95. The number of rotatable bonds is 4. The van der Waals surface area contributed by atoms with E-state index in [1.165, 1.54) is 31.4 Å². The summed E-state index contributed by atoms with van der Waals surface area (Å²) in [4.78, 5) is 39.5. The highest BCUT2D eigenvalue weighted by molar-refractivity contribution is 6.53. The van der Waals surface area contributed by atoms with Crippen LogP contribution in [0, 0.1) is 0 Å². The van der Waals surface area contributed by atoms with Crippen LogP contribution in [-0.2, 0) is 14.3 Å². The number of ether oxygens (including phenoxy) is 1. The van der Waals surface area contributed by atoms with Crippen molar-refractivity contribution in [3.63, 3.8) is 0 Å². The molecule has 3 rings (SSSR count). The minimum Gasteiger partial charge on any atom is -0.465 e. The normalized spacial score (nSPS) is 14.0. The fraction of sp³-hybridized carbons (Fsp3) is 0.105. The number of hydrogen-bond acceptors (Lipinski definition) is 5. The number of halogens is 1. The monoisotopic (exact) mass is 370 g/mol. The number of para-hydroxylation sites is 1. The molecule has 6 nitrogen and oxygen atoms in total. The van der Waals surface area contributed by atoms with Gasteiger partial charge in [-0.25, -0.2) is 9.69 Å². The van der Waals surface area contributed by atoms with Crippen molar-refractivity contribution in [1.29, 1.82) is 0 Å². The molecule has 0 aromatic heterocycles. The van der Waals surface area contributed by atoms with E-state index in [2.05, 4.69) is 4.74 Å². The summed E-state index contributed by atoms with van der Waals surface area (Å²) in [5.74, 6) is -1.64. The first-order valence-electron chi connectivity index (χ1n) is 7.71. The van der Waals surface area contributed by atoms with Crippen LogP contribution in [0.2, 0.25) is 0 Å². The molecule has 0 unspecified atom stereocenters. The highest BCUT2D eigenvalue weighted by Gasteiger charge is 2.40. The van der Waals surface area contributed by atoms with Crippen molar-refractivity contribution in [2.75, 3.05) is 24.0 Å². The number of carbonyl (C=O) groups excluding carboxylic acids is 3. The lowest BCUT2D eigenvalue weighted by atomic mass is 10.2. The van der Waals surface area contributed by atoms with Gasteiger partial charge in [-0.05, 0) is 36.4 Å². The zero-order chi connectivity index (χ0) is 18.8. The smallest absolute Gasteiger partial charge is 0.337 e. The third-order valence-electron chi connectivity index (χ3n) is 4.03. The lowest BCUT2D eigenvalue weighted by Gasteiger charge is -2.21. The Hall–Kier alpha value is -3.12. The molecule has 0 aliphatic carbocycles. The van der Waals surface area contributed by atoms with Crippen molar-refractivity contribution >= 4 is 40.8 Å². The SMILES string of the molecule is COC(=O)c1ccc(N2C(=O)C(Cl)=C(N(C)c3ccccc3)C2=O)cc1. The second kappa shape index (κ2) is 7.01. The van der Waals surface area contributed by atoms with Gasteiger partial charge in [0.25, 0.3) is 11.8 Å². The van der Waals surface area contributed by atoms with E-state index in [1.54, 1.807) is 11.9 Å². The topological polar surface area (TPSA) is 66.9 Å². The number of esters is 1. The molecule has 1 heterocycles. The fourth-order valence-electron chi connectivity index (χ4n) is 2.66. The largest absolute Gasteiger partial charge is 0.465 e. The van der Waals surface area contributed by atoms with E-state index < -0.39 is 17.8 Å². The van der Waals surface area contributed by atoms with Crippen LogP contribution in [0.25, 0.3) is 0 Å². The van der Waals surface area contributed by atoms with Gasteiger partial charge in [-0.15, -0.1) is 0 Å². The molecule has 0 radical (unpaired) electrons. The Kier molecular flexibility index (Phi) is 4.77. The van der Waals surface area contributed by atoms with Crippen molar-refractivity contribution in [3.8, 4) is 0 Å². The van der Waals surface area contributed by atoms with E-state index in [1.807, 2.05) is 30.3 Å². The van der Waals surface area contributed by atoms with Gasteiger partial charge in [-0.3, -0.25) is 9.59 Å². The van der Waals surface area contributed by atoms with E-state index in [0.29, 0.717) is 11.3 Å². The fourth-order valence-corrected chi connectivity index (χ4v) is 2.95. The lowest BCUT2D eigenvalue weighted by molar-refractivity contribution is -0.120. The lowest BCUT2D eigenvalue weighted by Crippen LogP contribution is -2.34. The van der Waals surface area contributed by atoms with E-state index in [4.69, 9.17) is 11.6 Å². The minimum absolute atomic E-state index is 0.0971. The number of nitrogens with zero attached hydrogens (tertiary/aromatic N) is 2. The zero-order valence-corrected chi connectivity index (χ0v) is 14.9. The Morgan fingerprint density at radius 2 is 1.62 bits per heavy atom. The number of likely N-dealkylation sites (N-methyl/N-ethyl adjacent to an activating group) is 1. The first-order chi connectivity index (χ1) is 12.5. The maximum atomic E-state index is 12.8. The molecular weight excluding hydrogens is 356 g/mol. The Balaban J connectivity index is 1.92. The maximum Gasteiger partial charge on any atom is 0.337 e. The average molecular weight is 371 g/mol. The Bertz CT molecular complexity index is 907. The third kappa shape index (κ3) is 2.95. The second-order valence-electron chi connectivity index (χ2n) is 5.54. The Morgan fingerprint density at radius 3 is 2.19 bits per heavy atom. The van der Waals surface area contributed by atoms with Gasteiger partial charge in [-0.2, -0.15) is 0 Å². The number of methoxy groups -OCH3 is 1. The van der Waals surface area contributed by atoms with Crippen LogP contribution in [0.4, 0.5) is 11.4 Å². The minimum atomic E-state index is -0.611. The van der Waals surface area contributed by atoms with Crippen molar-refractivity contribution in [2.45, 2.75) is 0 Å². The van der Waals surface area contributed by atoms with E-state index >= 15 is 0 Å². The average Bonchev–Trinajstić information content (AvgIpc) is 2.90. The number of carbonyl (C=O) groups is 3. The molecule has 132 valence electrons. The molecule has 0 bridgehead atoms. The van der Waals surface area contributed by atoms with Gasteiger partial charge in [0.15, 0.2) is 0 Å². The van der Waals surface area contributed by atoms with Gasteiger partial charge >= 0.3 is 5.97 Å². The molecule has 0 spiro atoms. The van der Waals surface area contributed by atoms with Crippen LogP contribution in [0.15, 0.2) is 65.3 Å². The van der Waals surface area contributed by atoms with Gasteiger partial charge < -0.3 is 9.64 Å². The van der Waals surface area contributed by atoms with Crippen molar-refractivity contribution < 1.29 is 19.1 Å². The molecule has 0 N–H and O–H groups in total. The number of hydrogen-bond donors (Lipinski definition) is 0. The summed E-state index contributed by atoms with van der Waals surface area (Å²) in [6, 6.07) is 15.1. The quantitative estimate of drug-likeness (QED) is 0.611. The number of amides is 2. The molecule has 2 aromatic rings. The molecular formula is C19H15ClN2O4. The third-order valence-corrected chi connectivity index (χ3v) is 4.37. The Morgan fingerprint density at radius 1 is 1.00 bits per heavy atom. The second-order valence-corrected chi connectivity index (χ2v) is 5.92. The van der Waals surface area contributed by atoms with Gasteiger partial charge in [0, 0.05) is 12.7 Å². The van der Waals surface area contributed by atoms with Crippen molar-refractivity contribution in [3.05, 3.63) is 70.9 Å². The molecule has 2 aromatic carbocycles. The summed E-state index contributed by atoms with van der Waals surface area (Å²) < 4.78 is 4.64. The zero-order valence-electron chi connectivity index (χ0n) is 14.1. The van der Waals surface area contributed by atoms with Crippen LogP contribution < -0.4 is 9.80 Å². The van der Waals surface area contributed by atoms with Gasteiger partial charge in [0.1, 0.15) is 10.7 Å². The van der Waals surface area contributed by atoms with Crippen LogP contribution in [0.5, 0.6) is 0 Å². The summed E-state index contributed by atoms with van der Waals surface area (Å²) in [5.41, 5.74) is 1.46. The van der Waals surface area contributed by atoms with Gasteiger partial charge in [0.05, 0.1) is 18.4 Å². The summed E-state index contributed by atoms with van der Waals surface area (Å²) in [6.45, 7) is 0. The first kappa shape index (κ1) is 17.7. The molecule has 1 aliphatic heterocycles. The van der Waals surface area contributed by atoms with Crippen LogP contribution in [0.1, 0.15) is 10.4 Å². The molecule has 0 saturated carbocycles. The molecule has 26 heavy (non-hydrogen) atoms. The summed E-state index contributed by atoms with van der Waals surface area (Å²) >= 11 is 6.17. The van der Waals surface area contributed by atoms with Crippen LogP contribution in [0.3, 0.4) is 0 Å². The molecule has 0 atom stereocenters. The number of imide groups is 1.